The Labute approximate surface area is 112 Å². The maximum absolute atomic E-state index is 11.6. The van der Waals surface area contributed by atoms with Crippen molar-refractivity contribution in [2.24, 2.45) is 0 Å². The topological polar surface area (TPSA) is 72.8 Å². The molecule has 0 aliphatic heterocycles. The van der Waals surface area contributed by atoms with E-state index >= 15 is 0 Å². The van der Waals surface area contributed by atoms with Crippen molar-refractivity contribution in [2.45, 2.75) is 32.0 Å². The van der Waals surface area contributed by atoms with Crippen molar-refractivity contribution in [1.82, 2.24) is 0 Å². The molecule has 0 unspecified atom stereocenters. The summed E-state index contributed by atoms with van der Waals surface area (Å²) in [6.07, 6.45) is -1.92. The Bertz CT molecular complexity index is 415. The number of rotatable bonds is 6. The van der Waals surface area contributed by atoms with Crippen molar-refractivity contribution in [2.75, 3.05) is 7.11 Å². The maximum Gasteiger partial charge on any atom is 0.309 e. The SMILES string of the molecule is COC(=O)C[C@H](O)CC(=O)O[C@@H](C)c1ccccc1. The highest BCUT2D eigenvalue weighted by Crippen LogP contribution is 2.17. The van der Waals surface area contributed by atoms with E-state index in [1.165, 1.54) is 7.11 Å². The molecule has 0 aliphatic carbocycles. The first-order chi connectivity index (χ1) is 9.02. The van der Waals surface area contributed by atoms with Crippen molar-refractivity contribution in [3.63, 3.8) is 0 Å². The number of carbonyl (C=O) groups is 2. The summed E-state index contributed by atoms with van der Waals surface area (Å²) in [5.41, 5.74) is 0.873. The van der Waals surface area contributed by atoms with Gasteiger partial charge in [0.15, 0.2) is 0 Å². The molecule has 5 heteroatoms. The molecule has 0 spiro atoms. The second kappa shape index (κ2) is 7.53. The lowest BCUT2D eigenvalue weighted by Gasteiger charge is -2.15. The number of benzene rings is 1. The summed E-state index contributed by atoms with van der Waals surface area (Å²) in [5.74, 6) is -1.11. The van der Waals surface area contributed by atoms with E-state index in [0.717, 1.165) is 5.56 Å². The van der Waals surface area contributed by atoms with Crippen LogP contribution in [0.2, 0.25) is 0 Å². The molecule has 0 aromatic heterocycles. The second-order valence-corrected chi connectivity index (χ2v) is 4.18. The van der Waals surface area contributed by atoms with Gasteiger partial charge in [-0.05, 0) is 12.5 Å². The summed E-state index contributed by atoms with van der Waals surface area (Å²) in [6, 6.07) is 9.28. The van der Waals surface area contributed by atoms with Crippen LogP contribution < -0.4 is 0 Å². The molecule has 0 radical (unpaired) electrons. The molecule has 0 heterocycles. The van der Waals surface area contributed by atoms with Crippen molar-refractivity contribution in [3.8, 4) is 0 Å². The minimum atomic E-state index is -1.08. The van der Waals surface area contributed by atoms with Gasteiger partial charge in [-0.25, -0.2) is 0 Å². The van der Waals surface area contributed by atoms with Gasteiger partial charge in [0.1, 0.15) is 6.10 Å². The van der Waals surface area contributed by atoms with Gasteiger partial charge in [0, 0.05) is 0 Å². The molecule has 1 aromatic carbocycles. The molecule has 0 amide bonds. The van der Waals surface area contributed by atoms with E-state index in [2.05, 4.69) is 4.74 Å². The van der Waals surface area contributed by atoms with Crippen LogP contribution in [0.15, 0.2) is 30.3 Å². The number of hydrogen-bond acceptors (Lipinski definition) is 5. The third kappa shape index (κ3) is 5.52. The Morgan fingerprint density at radius 1 is 1.16 bits per heavy atom. The van der Waals surface area contributed by atoms with E-state index in [9.17, 15) is 14.7 Å². The molecule has 19 heavy (non-hydrogen) atoms. The Hall–Kier alpha value is -1.88. The van der Waals surface area contributed by atoms with Gasteiger partial charge in [0.2, 0.25) is 0 Å². The highest BCUT2D eigenvalue weighted by atomic mass is 16.5. The van der Waals surface area contributed by atoms with Crippen LogP contribution in [0, 0.1) is 0 Å². The monoisotopic (exact) mass is 266 g/mol. The minimum Gasteiger partial charge on any atom is -0.469 e. The zero-order chi connectivity index (χ0) is 14.3. The van der Waals surface area contributed by atoms with Crippen molar-refractivity contribution in [3.05, 3.63) is 35.9 Å². The standard InChI is InChI=1S/C14H18O5/c1-10(11-6-4-3-5-7-11)19-14(17)9-12(15)8-13(16)18-2/h3-7,10,12,15H,8-9H2,1-2H3/t10-,12-/m0/s1. The van der Waals surface area contributed by atoms with E-state index in [1.54, 1.807) is 6.92 Å². The van der Waals surface area contributed by atoms with Gasteiger partial charge in [0.05, 0.1) is 26.1 Å². The summed E-state index contributed by atoms with van der Waals surface area (Å²) in [7, 11) is 1.23. The average Bonchev–Trinajstić information content (AvgIpc) is 2.39. The summed E-state index contributed by atoms with van der Waals surface area (Å²) in [4.78, 5) is 22.5. The fraction of sp³-hybridized carbons (Fsp3) is 0.429. The van der Waals surface area contributed by atoms with Crippen LogP contribution in [0.3, 0.4) is 0 Å². The third-order valence-electron chi connectivity index (χ3n) is 2.61. The highest BCUT2D eigenvalue weighted by Gasteiger charge is 2.18. The van der Waals surface area contributed by atoms with Crippen LogP contribution in [0.5, 0.6) is 0 Å². The fourth-order valence-electron chi connectivity index (χ4n) is 1.58. The lowest BCUT2D eigenvalue weighted by molar-refractivity contribution is -0.152. The first kappa shape index (κ1) is 15.2. The number of carbonyl (C=O) groups excluding carboxylic acids is 2. The van der Waals surface area contributed by atoms with Crippen molar-refractivity contribution < 1.29 is 24.2 Å². The van der Waals surface area contributed by atoms with E-state index < -0.39 is 18.0 Å². The second-order valence-electron chi connectivity index (χ2n) is 4.18. The quantitative estimate of drug-likeness (QED) is 0.792. The van der Waals surface area contributed by atoms with Crippen LogP contribution in [0.1, 0.15) is 31.4 Å². The van der Waals surface area contributed by atoms with Gasteiger partial charge in [-0.3, -0.25) is 9.59 Å². The molecule has 104 valence electrons. The highest BCUT2D eigenvalue weighted by molar-refractivity contribution is 5.73. The van der Waals surface area contributed by atoms with E-state index in [4.69, 9.17) is 4.74 Å². The van der Waals surface area contributed by atoms with Crippen LogP contribution in [-0.2, 0) is 19.1 Å². The molecule has 0 saturated heterocycles. The average molecular weight is 266 g/mol. The minimum absolute atomic E-state index is 0.217. The van der Waals surface area contributed by atoms with Crippen LogP contribution in [-0.4, -0.2) is 30.3 Å². The van der Waals surface area contributed by atoms with Gasteiger partial charge in [0.25, 0.3) is 0 Å². The summed E-state index contributed by atoms with van der Waals surface area (Å²) in [5, 5.41) is 9.50. The molecule has 0 aliphatic rings. The molecule has 5 nitrogen and oxygen atoms in total. The van der Waals surface area contributed by atoms with Crippen LogP contribution >= 0.6 is 0 Å². The van der Waals surface area contributed by atoms with Gasteiger partial charge in [-0.2, -0.15) is 0 Å². The molecule has 0 fully saturated rings. The summed E-state index contributed by atoms with van der Waals surface area (Å²) in [6.45, 7) is 1.75. The Kier molecular flexibility index (Phi) is 6.02. The number of aliphatic hydroxyl groups is 1. The molecule has 1 N–H and O–H groups in total. The van der Waals surface area contributed by atoms with E-state index in [0.29, 0.717) is 0 Å². The predicted molar refractivity (Wildman–Crippen MR) is 68.2 cm³/mol. The number of esters is 2. The number of methoxy groups -OCH3 is 1. The zero-order valence-electron chi connectivity index (χ0n) is 11.0. The van der Waals surface area contributed by atoms with Gasteiger partial charge in [-0.15, -0.1) is 0 Å². The number of ether oxygens (including phenoxy) is 2. The predicted octanol–water partition coefficient (Wildman–Crippen LogP) is 1.60. The molecule has 1 aromatic rings. The third-order valence-corrected chi connectivity index (χ3v) is 2.61. The smallest absolute Gasteiger partial charge is 0.309 e. The van der Waals surface area contributed by atoms with Gasteiger partial charge in [-0.1, -0.05) is 30.3 Å². The lowest BCUT2D eigenvalue weighted by atomic mass is 10.1. The van der Waals surface area contributed by atoms with Gasteiger partial charge >= 0.3 is 11.9 Å². The normalized spacial score (nSPS) is 13.4. The molecular weight excluding hydrogens is 248 g/mol. The number of aliphatic hydroxyl groups excluding tert-OH is 1. The Balaban J connectivity index is 2.41. The summed E-state index contributed by atoms with van der Waals surface area (Å²) >= 11 is 0. The van der Waals surface area contributed by atoms with E-state index in [1.807, 2.05) is 30.3 Å². The Morgan fingerprint density at radius 2 is 1.74 bits per heavy atom. The molecule has 2 atom stereocenters. The molecule has 0 bridgehead atoms. The van der Waals surface area contributed by atoms with Crippen molar-refractivity contribution >= 4 is 11.9 Å². The van der Waals surface area contributed by atoms with E-state index in [-0.39, 0.29) is 18.9 Å². The van der Waals surface area contributed by atoms with Crippen molar-refractivity contribution in [1.29, 1.82) is 0 Å². The molecule has 0 saturated carbocycles. The maximum atomic E-state index is 11.6. The lowest BCUT2D eigenvalue weighted by Crippen LogP contribution is -2.20. The summed E-state index contributed by atoms with van der Waals surface area (Å²) < 4.78 is 9.57. The van der Waals surface area contributed by atoms with Gasteiger partial charge < -0.3 is 14.6 Å². The first-order valence-corrected chi connectivity index (χ1v) is 6.02. The largest absolute Gasteiger partial charge is 0.469 e. The number of hydrogen-bond donors (Lipinski definition) is 1. The molecular formula is C14H18O5. The molecule has 1 rings (SSSR count). The Morgan fingerprint density at radius 3 is 2.32 bits per heavy atom. The van der Waals surface area contributed by atoms with Crippen LogP contribution in [0.25, 0.3) is 0 Å². The van der Waals surface area contributed by atoms with Crippen LogP contribution in [0.4, 0.5) is 0 Å². The zero-order valence-corrected chi connectivity index (χ0v) is 11.0. The first-order valence-electron chi connectivity index (χ1n) is 6.02. The fourth-order valence-corrected chi connectivity index (χ4v) is 1.58.